The van der Waals surface area contributed by atoms with E-state index in [9.17, 15) is 9.00 Å². The third-order valence-electron chi connectivity index (χ3n) is 8.94. The van der Waals surface area contributed by atoms with Crippen molar-refractivity contribution in [1.82, 2.24) is 24.6 Å². The monoisotopic (exact) mass is 608 g/mol. The van der Waals surface area contributed by atoms with Crippen molar-refractivity contribution in [2.75, 3.05) is 36.0 Å². The molecule has 5 N–H and O–H groups in total. The van der Waals surface area contributed by atoms with Crippen molar-refractivity contribution in [2.24, 2.45) is 5.41 Å². The minimum absolute atomic E-state index is 0.0234. The molecule has 2 aliphatic heterocycles. The molecule has 0 radical (unpaired) electrons. The topological polar surface area (TPSA) is 143 Å². The summed E-state index contributed by atoms with van der Waals surface area (Å²) in [4.78, 5) is 32.2. The van der Waals surface area contributed by atoms with Crippen LogP contribution in [0.5, 0.6) is 0 Å². The van der Waals surface area contributed by atoms with Gasteiger partial charge in [0, 0.05) is 29.9 Å². The molecule has 1 aromatic carbocycles. The highest BCUT2D eigenvalue weighted by molar-refractivity contribution is 7.84. The van der Waals surface area contributed by atoms with Gasteiger partial charge in [-0.1, -0.05) is 38.1 Å². The minimum atomic E-state index is -1.18. The van der Waals surface area contributed by atoms with Gasteiger partial charge < -0.3 is 21.3 Å². The van der Waals surface area contributed by atoms with Gasteiger partial charge in [-0.2, -0.15) is 0 Å². The van der Waals surface area contributed by atoms with Crippen LogP contribution in [0.2, 0.25) is 0 Å². The Balaban J connectivity index is 1.18. The highest BCUT2D eigenvalue weighted by Gasteiger charge is 2.49. The maximum absolute atomic E-state index is 13.5. The van der Waals surface area contributed by atoms with Crippen molar-refractivity contribution in [1.29, 1.82) is 0 Å². The molecule has 6 rings (SSSR count). The van der Waals surface area contributed by atoms with Gasteiger partial charge in [-0.15, -0.1) is 11.3 Å². The largest absolute Gasteiger partial charge is 0.382 e. The fraction of sp³-hybridized carbons (Fsp3) is 0.533. The van der Waals surface area contributed by atoms with Crippen molar-refractivity contribution in [3.05, 3.63) is 57.9 Å². The molecule has 0 bridgehead atoms. The Hall–Kier alpha value is -3.09. The number of hydrogen-bond acceptors (Lipinski definition) is 9. The molecular weight excluding hydrogens is 569 g/mol. The second kappa shape index (κ2) is 10.3. The Labute approximate surface area is 253 Å². The van der Waals surface area contributed by atoms with E-state index in [0.717, 1.165) is 42.9 Å². The fourth-order valence-electron chi connectivity index (χ4n) is 6.70. The zero-order valence-electron chi connectivity index (χ0n) is 24.9. The molecule has 1 fully saturated rings. The number of aromatic nitrogens is 3. The molecule has 224 valence electrons. The molecule has 3 aliphatic rings. The first-order chi connectivity index (χ1) is 19.8. The molecule has 1 aliphatic carbocycles. The summed E-state index contributed by atoms with van der Waals surface area (Å²) >= 11 is 1.42. The van der Waals surface area contributed by atoms with E-state index in [1.165, 1.54) is 22.5 Å². The summed E-state index contributed by atoms with van der Waals surface area (Å²) < 4.78 is 16.4. The predicted molar refractivity (Wildman–Crippen MR) is 169 cm³/mol. The number of thiazole rings is 1. The van der Waals surface area contributed by atoms with Crippen LogP contribution in [0.15, 0.2) is 30.5 Å². The molecule has 3 aromatic rings. The van der Waals surface area contributed by atoms with Gasteiger partial charge in [0.25, 0.3) is 5.91 Å². The van der Waals surface area contributed by atoms with Crippen molar-refractivity contribution in [3.63, 3.8) is 0 Å². The third kappa shape index (κ3) is 5.07. The quantitative estimate of drug-likeness (QED) is 0.404. The molecule has 0 saturated carbocycles. The van der Waals surface area contributed by atoms with Gasteiger partial charge in [0.1, 0.15) is 5.82 Å². The average molecular weight is 609 g/mol. The Morgan fingerprint density at radius 3 is 2.55 bits per heavy atom. The number of nitrogens with one attached hydrogen (secondary N) is 1. The average Bonchev–Trinajstić information content (AvgIpc) is 3.45. The maximum atomic E-state index is 13.5. The molecule has 1 saturated heterocycles. The molecule has 10 nitrogen and oxygen atoms in total. The number of amides is 1. The third-order valence-corrected chi connectivity index (χ3v) is 11.4. The van der Waals surface area contributed by atoms with Gasteiger partial charge in [-0.25, -0.2) is 23.9 Å². The van der Waals surface area contributed by atoms with Gasteiger partial charge in [0.05, 0.1) is 40.2 Å². The lowest BCUT2D eigenvalue weighted by molar-refractivity contribution is 0.0682. The van der Waals surface area contributed by atoms with Gasteiger partial charge >= 0.3 is 0 Å². The summed E-state index contributed by atoms with van der Waals surface area (Å²) in [5.41, 5.74) is 15.7. The van der Waals surface area contributed by atoms with E-state index in [1.54, 1.807) is 11.1 Å². The number of hydrogen-bond donors (Lipinski definition) is 3. The predicted octanol–water partition coefficient (Wildman–Crippen LogP) is 3.97. The summed E-state index contributed by atoms with van der Waals surface area (Å²) in [6, 6.07) is 8.54. The van der Waals surface area contributed by atoms with E-state index in [4.69, 9.17) is 11.5 Å². The Bertz CT molecular complexity index is 1550. The van der Waals surface area contributed by atoms with Crippen LogP contribution in [0.25, 0.3) is 0 Å². The SMILES string of the molecule is CC1(C)CN(C(=O)c2ncc(N3CCC4(CC3)Cc3ccccc3C4N[S@](=O)C(C)(C)C)nc2N)Cc2sc(N)nc21. The molecule has 4 heterocycles. The molecule has 1 unspecified atom stereocenters. The fourth-order valence-corrected chi connectivity index (χ4v) is 8.67. The Kier molecular flexibility index (Phi) is 7.09. The second-order valence-electron chi connectivity index (χ2n) is 13.5. The van der Waals surface area contributed by atoms with Gasteiger partial charge in [-0.3, -0.25) is 4.79 Å². The van der Waals surface area contributed by atoms with E-state index >= 15 is 0 Å². The summed E-state index contributed by atoms with van der Waals surface area (Å²) in [7, 11) is -1.18. The standard InChI is InChI=1S/C30H40N8O2S2/c1-28(2,3)42(40)36-23-19-9-7-6-8-18(19)14-30(23)10-12-37(13-11-30)21-15-33-22(25(31)34-21)26(39)38-16-20-24(29(4,5)17-38)35-27(32)41-20/h6-9,15,23,36H,10-14,16-17H2,1-5H3,(H2,31,34)(H2,32,35)/t23?,42-/m1/s1. The molecule has 42 heavy (non-hydrogen) atoms. The van der Waals surface area contributed by atoms with E-state index in [1.807, 2.05) is 20.8 Å². The number of carbonyl (C=O) groups is 1. The van der Waals surface area contributed by atoms with Crippen LogP contribution in [0.4, 0.5) is 16.8 Å². The number of carbonyl (C=O) groups excluding carboxylic acids is 1. The van der Waals surface area contributed by atoms with Crippen molar-refractivity contribution < 1.29 is 9.00 Å². The zero-order valence-corrected chi connectivity index (χ0v) is 26.6. The van der Waals surface area contributed by atoms with E-state index in [-0.39, 0.29) is 39.0 Å². The highest BCUT2D eigenvalue weighted by atomic mass is 32.2. The number of nitrogens with two attached hydrogens (primary N) is 2. The van der Waals surface area contributed by atoms with Crippen molar-refractivity contribution in [2.45, 2.75) is 76.6 Å². The lowest BCUT2D eigenvalue weighted by atomic mass is 9.73. The number of nitrogen functional groups attached to an aromatic ring is 2. The van der Waals surface area contributed by atoms with E-state index in [0.29, 0.717) is 24.0 Å². The summed E-state index contributed by atoms with van der Waals surface area (Å²) in [6.07, 6.45) is 4.44. The number of nitrogens with zero attached hydrogens (tertiary/aromatic N) is 5. The number of rotatable bonds is 4. The van der Waals surface area contributed by atoms with Crippen molar-refractivity contribution >= 4 is 45.0 Å². The second-order valence-corrected chi connectivity index (χ2v) is 16.6. The molecule has 2 aromatic heterocycles. The van der Waals surface area contributed by atoms with Crippen LogP contribution in [-0.4, -0.2) is 54.3 Å². The first-order valence-electron chi connectivity index (χ1n) is 14.5. The van der Waals surface area contributed by atoms with Gasteiger partial charge in [0.2, 0.25) is 0 Å². The van der Waals surface area contributed by atoms with Crippen LogP contribution >= 0.6 is 11.3 Å². The minimum Gasteiger partial charge on any atom is -0.382 e. The number of piperidine rings is 1. The molecule has 1 spiro atoms. The van der Waals surface area contributed by atoms with Crippen LogP contribution in [0.1, 0.15) is 85.7 Å². The van der Waals surface area contributed by atoms with E-state index in [2.05, 4.69) is 62.7 Å². The maximum Gasteiger partial charge on any atom is 0.276 e. The number of fused-ring (bicyclic) bond motifs is 2. The Morgan fingerprint density at radius 2 is 1.86 bits per heavy atom. The first kappa shape index (κ1) is 29.0. The van der Waals surface area contributed by atoms with Crippen LogP contribution in [0.3, 0.4) is 0 Å². The summed E-state index contributed by atoms with van der Waals surface area (Å²) in [5, 5.41) is 0.514. The summed E-state index contributed by atoms with van der Waals surface area (Å²) in [6.45, 7) is 12.6. The summed E-state index contributed by atoms with van der Waals surface area (Å²) in [5.74, 6) is 0.576. The highest BCUT2D eigenvalue weighted by Crippen LogP contribution is 2.52. The smallest absolute Gasteiger partial charge is 0.276 e. The lowest BCUT2D eigenvalue weighted by Gasteiger charge is -2.44. The van der Waals surface area contributed by atoms with Crippen LogP contribution in [0, 0.1) is 5.41 Å². The van der Waals surface area contributed by atoms with Gasteiger partial charge in [-0.05, 0) is 56.6 Å². The number of anilines is 3. The molecule has 2 atom stereocenters. The lowest BCUT2D eigenvalue weighted by Crippen LogP contribution is -2.48. The van der Waals surface area contributed by atoms with Crippen LogP contribution < -0.4 is 21.1 Å². The van der Waals surface area contributed by atoms with Gasteiger partial charge in [0.15, 0.2) is 16.6 Å². The number of benzene rings is 1. The normalized spacial score (nSPS) is 21.7. The van der Waals surface area contributed by atoms with E-state index < -0.39 is 11.0 Å². The molecule has 12 heteroatoms. The van der Waals surface area contributed by atoms with Crippen LogP contribution in [-0.2, 0) is 29.4 Å². The molecule has 1 amide bonds. The Morgan fingerprint density at radius 1 is 1.14 bits per heavy atom. The first-order valence-corrected chi connectivity index (χ1v) is 16.4. The van der Waals surface area contributed by atoms with Crippen molar-refractivity contribution in [3.8, 4) is 0 Å². The zero-order chi connectivity index (χ0) is 30.0. The molecular formula is C30H40N8O2S2.